The number of hydrogen-bond donors (Lipinski definition) is 2. The van der Waals surface area contributed by atoms with E-state index in [2.05, 4.69) is 5.32 Å². The lowest BCUT2D eigenvalue weighted by Crippen LogP contribution is -2.39. The molecule has 2 rings (SSSR count). The summed E-state index contributed by atoms with van der Waals surface area (Å²) in [6.45, 7) is 3.27. The van der Waals surface area contributed by atoms with Crippen LogP contribution in [-0.2, 0) is 9.53 Å². The fourth-order valence-electron chi connectivity index (χ4n) is 2.66. The summed E-state index contributed by atoms with van der Waals surface area (Å²) in [6, 6.07) is 7.25. The summed E-state index contributed by atoms with van der Waals surface area (Å²) in [5, 5.41) is 12.1. The van der Waals surface area contributed by atoms with Crippen LogP contribution in [0.1, 0.15) is 28.8 Å². The van der Waals surface area contributed by atoms with E-state index < -0.39 is 11.9 Å². The Bertz CT molecular complexity index is 509. The van der Waals surface area contributed by atoms with Gasteiger partial charge in [0.2, 0.25) is 0 Å². The maximum absolute atomic E-state index is 12.1. The molecule has 0 aliphatic carbocycles. The van der Waals surface area contributed by atoms with E-state index in [-0.39, 0.29) is 18.4 Å². The second kappa shape index (κ2) is 7.22. The predicted molar refractivity (Wildman–Crippen MR) is 78.2 cm³/mol. The Balaban J connectivity index is 1.95. The van der Waals surface area contributed by atoms with Gasteiger partial charge in [-0.15, -0.1) is 0 Å². The molecule has 5 heteroatoms. The van der Waals surface area contributed by atoms with Gasteiger partial charge in [-0.25, -0.2) is 0 Å². The van der Waals surface area contributed by atoms with Crippen molar-refractivity contribution in [1.29, 1.82) is 0 Å². The zero-order valence-corrected chi connectivity index (χ0v) is 12.2. The van der Waals surface area contributed by atoms with E-state index in [4.69, 9.17) is 4.74 Å². The number of aryl methyl sites for hydroxylation is 1. The SMILES string of the molecule is Cc1cccc(C(=O)NCC(C(=O)O)C2CCOCC2)c1. The van der Waals surface area contributed by atoms with E-state index in [9.17, 15) is 14.7 Å². The summed E-state index contributed by atoms with van der Waals surface area (Å²) in [6.07, 6.45) is 1.47. The number of carbonyl (C=O) groups is 2. The monoisotopic (exact) mass is 291 g/mol. The molecule has 5 nitrogen and oxygen atoms in total. The van der Waals surface area contributed by atoms with E-state index in [1.807, 2.05) is 19.1 Å². The van der Waals surface area contributed by atoms with Crippen molar-refractivity contribution in [3.63, 3.8) is 0 Å². The average molecular weight is 291 g/mol. The third kappa shape index (κ3) is 4.29. The van der Waals surface area contributed by atoms with Crippen LogP contribution in [0.4, 0.5) is 0 Å². The lowest BCUT2D eigenvalue weighted by atomic mass is 9.86. The molecule has 1 atom stereocenters. The molecule has 1 fully saturated rings. The van der Waals surface area contributed by atoms with Crippen molar-refractivity contribution in [3.8, 4) is 0 Å². The third-order valence-electron chi connectivity index (χ3n) is 3.91. The summed E-state index contributed by atoms with van der Waals surface area (Å²) in [4.78, 5) is 23.5. The van der Waals surface area contributed by atoms with Crippen molar-refractivity contribution in [2.24, 2.45) is 11.8 Å². The van der Waals surface area contributed by atoms with Gasteiger partial charge in [-0.2, -0.15) is 0 Å². The normalized spacial score (nSPS) is 17.2. The van der Waals surface area contributed by atoms with E-state index in [1.165, 1.54) is 0 Å². The molecule has 0 radical (unpaired) electrons. The van der Waals surface area contributed by atoms with Crippen molar-refractivity contribution in [3.05, 3.63) is 35.4 Å². The first kappa shape index (κ1) is 15.5. The van der Waals surface area contributed by atoms with Crippen LogP contribution < -0.4 is 5.32 Å². The number of nitrogens with one attached hydrogen (secondary N) is 1. The molecule has 1 aromatic rings. The van der Waals surface area contributed by atoms with Gasteiger partial charge in [-0.05, 0) is 37.8 Å². The molecule has 1 amide bonds. The number of carboxylic acid groups (broad SMARTS) is 1. The van der Waals surface area contributed by atoms with Crippen LogP contribution >= 0.6 is 0 Å². The van der Waals surface area contributed by atoms with Gasteiger partial charge in [0, 0.05) is 25.3 Å². The van der Waals surface area contributed by atoms with Crippen LogP contribution in [0.5, 0.6) is 0 Å². The second-order valence-electron chi connectivity index (χ2n) is 5.47. The van der Waals surface area contributed by atoms with Crippen LogP contribution in [0.2, 0.25) is 0 Å². The number of rotatable bonds is 5. The number of carboxylic acids is 1. The minimum Gasteiger partial charge on any atom is -0.481 e. The highest BCUT2D eigenvalue weighted by atomic mass is 16.5. The minimum absolute atomic E-state index is 0.0639. The van der Waals surface area contributed by atoms with Gasteiger partial charge in [0.15, 0.2) is 0 Å². The first-order chi connectivity index (χ1) is 10.1. The Morgan fingerprint density at radius 3 is 2.71 bits per heavy atom. The highest BCUT2D eigenvalue weighted by Crippen LogP contribution is 2.23. The summed E-state index contributed by atoms with van der Waals surface area (Å²) < 4.78 is 5.26. The number of ether oxygens (including phenoxy) is 1. The van der Waals surface area contributed by atoms with Crippen molar-refractivity contribution >= 4 is 11.9 Å². The molecule has 1 aromatic carbocycles. The predicted octanol–water partition coefficient (Wildman–Crippen LogP) is 1.85. The quantitative estimate of drug-likeness (QED) is 0.868. The number of aliphatic carboxylic acids is 1. The highest BCUT2D eigenvalue weighted by Gasteiger charge is 2.30. The number of hydrogen-bond acceptors (Lipinski definition) is 3. The molecule has 0 bridgehead atoms. The van der Waals surface area contributed by atoms with Crippen LogP contribution in [-0.4, -0.2) is 36.7 Å². The Kier molecular flexibility index (Phi) is 5.33. The van der Waals surface area contributed by atoms with Crippen LogP contribution in [0.3, 0.4) is 0 Å². The van der Waals surface area contributed by atoms with Crippen molar-refractivity contribution in [2.45, 2.75) is 19.8 Å². The molecule has 21 heavy (non-hydrogen) atoms. The molecular formula is C16H21NO4. The first-order valence-electron chi connectivity index (χ1n) is 7.23. The van der Waals surface area contributed by atoms with Gasteiger partial charge < -0.3 is 15.2 Å². The number of carbonyl (C=O) groups excluding carboxylic acids is 1. The van der Waals surface area contributed by atoms with Crippen molar-refractivity contribution in [1.82, 2.24) is 5.32 Å². The van der Waals surface area contributed by atoms with Gasteiger partial charge in [0.25, 0.3) is 5.91 Å². The second-order valence-corrected chi connectivity index (χ2v) is 5.47. The van der Waals surface area contributed by atoms with Gasteiger partial charge in [-0.1, -0.05) is 17.7 Å². The molecule has 1 heterocycles. The van der Waals surface area contributed by atoms with E-state index >= 15 is 0 Å². The topological polar surface area (TPSA) is 75.6 Å². The molecule has 1 unspecified atom stereocenters. The van der Waals surface area contributed by atoms with Crippen LogP contribution in [0.15, 0.2) is 24.3 Å². The Morgan fingerprint density at radius 2 is 2.10 bits per heavy atom. The maximum Gasteiger partial charge on any atom is 0.308 e. The molecule has 0 aromatic heterocycles. The fourth-order valence-corrected chi connectivity index (χ4v) is 2.66. The molecule has 114 valence electrons. The zero-order chi connectivity index (χ0) is 15.2. The maximum atomic E-state index is 12.1. The van der Waals surface area contributed by atoms with Gasteiger partial charge in [0.05, 0.1) is 5.92 Å². The standard InChI is InChI=1S/C16H21NO4/c1-11-3-2-4-13(9-11)15(18)17-10-14(16(19)20)12-5-7-21-8-6-12/h2-4,9,12,14H,5-8,10H2,1H3,(H,17,18)(H,19,20). The third-order valence-corrected chi connectivity index (χ3v) is 3.91. The van der Waals surface area contributed by atoms with E-state index in [0.717, 1.165) is 18.4 Å². The number of benzene rings is 1. The van der Waals surface area contributed by atoms with Crippen LogP contribution in [0.25, 0.3) is 0 Å². The van der Waals surface area contributed by atoms with E-state index in [0.29, 0.717) is 18.8 Å². The largest absolute Gasteiger partial charge is 0.481 e. The van der Waals surface area contributed by atoms with Gasteiger partial charge in [-0.3, -0.25) is 9.59 Å². The summed E-state index contributed by atoms with van der Waals surface area (Å²) in [5.74, 6) is -1.57. The molecule has 0 saturated carbocycles. The lowest BCUT2D eigenvalue weighted by Gasteiger charge is -2.27. The zero-order valence-electron chi connectivity index (χ0n) is 12.2. The van der Waals surface area contributed by atoms with Gasteiger partial charge >= 0.3 is 5.97 Å². The molecule has 1 aliphatic heterocycles. The average Bonchev–Trinajstić information content (AvgIpc) is 2.48. The van der Waals surface area contributed by atoms with E-state index in [1.54, 1.807) is 12.1 Å². The molecule has 1 saturated heterocycles. The lowest BCUT2D eigenvalue weighted by molar-refractivity contribution is -0.144. The molecule has 0 spiro atoms. The molecule has 1 aliphatic rings. The number of amides is 1. The minimum atomic E-state index is -0.855. The van der Waals surface area contributed by atoms with Gasteiger partial charge in [0.1, 0.15) is 0 Å². The van der Waals surface area contributed by atoms with Crippen molar-refractivity contribution in [2.75, 3.05) is 19.8 Å². The smallest absolute Gasteiger partial charge is 0.308 e. The molecular weight excluding hydrogens is 270 g/mol. The summed E-state index contributed by atoms with van der Waals surface area (Å²) >= 11 is 0. The fraction of sp³-hybridized carbons (Fsp3) is 0.500. The van der Waals surface area contributed by atoms with Crippen LogP contribution in [0, 0.1) is 18.8 Å². The Morgan fingerprint density at radius 1 is 1.38 bits per heavy atom. The molecule has 2 N–H and O–H groups in total. The first-order valence-corrected chi connectivity index (χ1v) is 7.23. The summed E-state index contributed by atoms with van der Waals surface area (Å²) in [5.41, 5.74) is 1.56. The Labute approximate surface area is 124 Å². The Hall–Kier alpha value is -1.88. The van der Waals surface area contributed by atoms with Crippen molar-refractivity contribution < 1.29 is 19.4 Å². The summed E-state index contributed by atoms with van der Waals surface area (Å²) in [7, 11) is 0. The highest BCUT2D eigenvalue weighted by molar-refractivity contribution is 5.94.